The molecule has 1 amide bonds. The van der Waals surface area contributed by atoms with E-state index in [2.05, 4.69) is 15.4 Å². The molecule has 5 rings (SSSR count). The Morgan fingerprint density at radius 3 is 2.93 bits per heavy atom. The van der Waals surface area contributed by atoms with Gasteiger partial charge in [-0.1, -0.05) is 0 Å². The molecule has 0 spiro atoms. The summed E-state index contributed by atoms with van der Waals surface area (Å²) in [6.07, 6.45) is 2.18. The highest BCUT2D eigenvalue weighted by Crippen LogP contribution is 2.36. The summed E-state index contributed by atoms with van der Waals surface area (Å²) in [6, 6.07) is 1.86. The molecule has 0 unspecified atom stereocenters. The number of halogens is 2. The van der Waals surface area contributed by atoms with Crippen LogP contribution in [0.2, 0.25) is 0 Å². The van der Waals surface area contributed by atoms with Crippen molar-refractivity contribution in [2.75, 3.05) is 11.5 Å². The van der Waals surface area contributed by atoms with E-state index >= 15 is 0 Å². The lowest BCUT2D eigenvalue weighted by Crippen LogP contribution is -2.42. The molecule has 0 aliphatic carbocycles. The lowest BCUT2D eigenvalue weighted by atomic mass is 10.1. The minimum atomic E-state index is -0.864. The molecule has 0 saturated heterocycles. The van der Waals surface area contributed by atoms with Crippen LogP contribution in [0.5, 0.6) is 11.5 Å². The lowest BCUT2D eigenvalue weighted by molar-refractivity contribution is 0.0845. The first-order valence-corrected chi connectivity index (χ1v) is 9.14. The fourth-order valence-electron chi connectivity index (χ4n) is 3.61. The van der Waals surface area contributed by atoms with Gasteiger partial charge in [0.1, 0.15) is 18.0 Å². The molecule has 10 heteroatoms. The molecule has 8 nitrogen and oxygen atoms in total. The quantitative estimate of drug-likeness (QED) is 0.623. The van der Waals surface area contributed by atoms with Crippen LogP contribution in [-0.2, 0) is 6.54 Å². The van der Waals surface area contributed by atoms with Gasteiger partial charge in [-0.2, -0.15) is 5.10 Å². The monoisotopic (exact) mass is 401 g/mol. The van der Waals surface area contributed by atoms with Gasteiger partial charge in [0.25, 0.3) is 5.91 Å². The van der Waals surface area contributed by atoms with Gasteiger partial charge in [-0.25, -0.2) is 18.3 Å². The Morgan fingerprint density at radius 1 is 1.28 bits per heavy atom. The largest absolute Gasteiger partial charge is 0.486 e. The van der Waals surface area contributed by atoms with E-state index in [1.807, 2.05) is 11.8 Å². The van der Waals surface area contributed by atoms with Crippen molar-refractivity contribution in [3.8, 4) is 11.5 Å². The second-order valence-corrected chi connectivity index (χ2v) is 7.15. The van der Waals surface area contributed by atoms with Gasteiger partial charge >= 0.3 is 0 Å². The third kappa shape index (κ3) is 2.82. The van der Waals surface area contributed by atoms with Gasteiger partial charge in [0.15, 0.2) is 35.0 Å². The molecule has 150 valence electrons. The third-order valence-corrected chi connectivity index (χ3v) is 5.02. The van der Waals surface area contributed by atoms with Crippen LogP contribution >= 0.6 is 0 Å². The molecule has 3 aromatic rings. The zero-order valence-corrected chi connectivity index (χ0v) is 15.6. The maximum atomic E-state index is 14.6. The summed E-state index contributed by atoms with van der Waals surface area (Å²) in [7, 11) is 0. The van der Waals surface area contributed by atoms with Crippen molar-refractivity contribution in [1.82, 2.24) is 19.9 Å². The van der Waals surface area contributed by atoms with Crippen molar-refractivity contribution in [2.45, 2.75) is 32.7 Å². The number of carbonyl (C=O) groups is 1. The number of rotatable bonds is 0. The third-order valence-electron chi connectivity index (χ3n) is 5.02. The van der Waals surface area contributed by atoms with Crippen LogP contribution in [-0.4, -0.2) is 39.4 Å². The van der Waals surface area contributed by atoms with Crippen molar-refractivity contribution in [3.05, 3.63) is 47.3 Å². The Kier molecular flexibility index (Phi) is 3.83. The molecule has 0 radical (unpaired) electrons. The minimum Gasteiger partial charge on any atom is -0.486 e. The number of hydrogen-bond donors (Lipinski definition) is 1. The molecule has 2 atom stereocenters. The molecule has 4 heterocycles. The number of ether oxygens (including phenoxy) is 2. The summed E-state index contributed by atoms with van der Waals surface area (Å²) in [5.74, 6) is -1.20. The summed E-state index contributed by atoms with van der Waals surface area (Å²) >= 11 is 0. The molecule has 0 fully saturated rings. The molecule has 2 aliphatic heterocycles. The lowest BCUT2D eigenvalue weighted by Gasteiger charge is -2.36. The highest BCUT2D eigenvalue weighted by Gasteiger charge is 2.31. The van der Waals surface area contributed by atoms with E-state index in [0.717, 1.165) is 6.07 Å². The Labute approximate surface area is 164 Å². The normalized spacial score (nSPS) is 21.0. The first-order chi connectivity index (χ1) is 13.9. The van der Waals surface area contributed by atoms with Crippen LogP contribution in [0.1, 0.15) is 29.8 Å². The molecule has 1 N–H and O–H groups in total. The zero-order chi connectivity index (χ0) is 20.3. The zero-order valence-electron chi connectivity index (χ0n) is 15.6. The van der Waals surface area contributed by atoms with Gasteiger partial charge in [-0.3, -0.25) is 4.79 Å². The minimum absolute atomic E-state index is 0.115. The molecule has 1 aromatic carbocycles. The number of carbonyl (C=O) groups excluding carboxylic acids is 1. The number of hydrogen-bond acceptors (Lipinski definition) is 6. The standard InChI is InChI=1S/C19H17F2N5O3/c1-9-8-28-15-7-26-17-13(5-22-26)19(27)23-10(2)29-16-11(3-12(20)4-14(16)21)6-25(9)18(15)24-17/h3-5,7,9-10H,6,8H2,1-2H3,(H,23,27)/t9-,10+/m1/s1. The number of aromatic nitrogens is 3. The SMILES string of the molecule is C[C@@H]1COc2cn3ncc4c3nc2N1Cc1cc(F)cc(F)c1O[C@@H](C)NC4=O. The predicted molar refractivity (Wildman–Crippen MR) is 98.0 cm³/mol. The van der Waals surface area contributed by atoms with Crippen LogP contribution in [0.4, 0.5) is 14.6 Å². The number of amides is 1. The molecular formula is C19H17F2N5O3. The summed E-state index contributed by atoms with van der Waals surface area (Å²) < 4.78 is 41.4. The van der Waals surface area contributed by atoms with Gasteiger partial charge in [-0.05, 0) is 19.9 Å². The van der Waals surface area contributed by atoms with E-state index in [1.165, 1.54) is 16.8 Å². The summed E-state index contributed by atoms with van der Waals surface area (Å²) in [5, 5.41) is 6.81. The van der Waals surface area contributed by atoms with Crippen LogP contribution in [0.25, 0.3) is 5.65 Å². The average molecular weight is 401 g/mol. The van der Waals surface area contributed by atoms with Crippen LogP contribution in [0.15, 0.2) is 24.5 Å². The first kappa shape index (κ1) is 17.7. The van der Waals surface area contributed by atoms with Gasteiger partial charge < -0.3 is 19.7 Å². The Morgan fingerprint density at radius 2 is 2.10 bits per heavy atom. The molecule has 0 saturated carbocycles. The maximum Gasteiger partial charge on any atom is 0.259 e. The molecular weight excluding hydrogens is 384 g/mol. The van der Waals surface area contributed by atoms with Crippen molar-refractivity contribution in [1.29, 1.82) is 0 Å². The Balaban J connectivity index is 1.75. The topological polar surface area (TPSA) is 81.0 Å². The van der Waals surface area contributed by atoms with E-state index < -0.39 is 23.8 Å². The first-order valence-electron chi connectivity index (χ1n) is 9.14. The van der Waals surface area contributed by atoms with E-state index in [-0.39, 0.29) is 23.9 Å². The second-order valence-electron chi connectivity index (χ2n) is 7.15. The molecule has 29 heavy (non-hydrogen) atoms. The van der Waals surface area contributed by atoms with Crippen molar-refractivity contribution in [3.63, 3.8) is 0 Å². The summed E-state index contributed by atoms with van der Waals surface area (Å²) in [6.45, 7) is 3.99. The van der Waals surface area contributed by atoms with Crippen LogP contribution in [0, 0.1) is 11.6 Å². The highest BCUT2D eigenvalue weighted by atomic mass is 19.1. The number of fused-ring (bicyclic) bond motifs is 1. The maximum absolute atomic E-state index is 14.6. The number of benzene rings is 1. The Bertz CT molecular complexity index is 1150. The summed E-state index contributed by atoms with van der Waals surface area (Å²) in [5.41, 5.74) is 0.906. The van der Waals surface area contributed by atoms with Gasteiger partial charge in [0.05, 0.1) is 18.4 Å². The fourth-order valence-corrected chi connectivity index (χ4v) is 3.61. The molecule has 2 aromatic heterocycles. The Hall–Kier alpha value is -3.43. The van der Waals surface area contributed by atoms with Crippen molar-refractivity contribution < 1.29 is 23.0 Å². The van der Waals surface area contributed by atoms with Gasteiger partial charge in [0, 0.05) is 18.2 Å². The molecule has 2 aliphatic rings. The average Bonchev–Trinajstić information content (AvgIpc) is 3.07. The van der Waals surface area contributed by atoms with E-state index in [1.54, 1.807) is 13.1 Å². The van der Waals surface area contributed by atoms with Gasteiger partial charge in [0.2, 0.25) is 0 Å². The second kappa shape index (κ2) is 6.29. The number of anilines is 1. The van der Waals surface area contributed by atoms with Crippen molar-refractivity contribution >= 4 is 17.4 Å². The van der Waals surface area contributed by atoms with Crippen molar-refractivity contribution in [2.24, 2.45) is 0 Å². The van der Waals surface area contributed by atoms with Gasteiger partial charge in [-0.15, -0.1) is 0 Å². The number of nitrogens with one attached hydrogen (secondary N) is 1. The summed E-state index contributed by atoms with van der Waals surface area (Å²) in [4.78, 5) is 19.2. The predicted octanol–water partition coefficient (Wildman–Crippen LogP) is 2.26. The van der Waals surface area contributed by atoms with Crippen LogP contribution in [0.3, 0.4) is 0 Å². The van der Waals surface area contributed by atoms with E-state index in [0.29, 0.717) is 29.4 Å². The van der Waals surface area contributed by atoms with Crippen LogP contribution < -0.4 is 19.7 Å². The van der Waals surface area contributed by atoms with E-state index in [9.17, 15) is 13.6 Å². The number of nitrogens with zero attached hydrogens (tertiary/aromatic N) is 4. The fraction of sp³-hybridized carbons (Fsp3) is 0.316. The van der Waals surface area contributed by atoms with E-state index in [4.69, 9.17) is 9.47 Å². The smallest absolute Gasteiger partial charge is 0.259 e. The highest BCUT2D eigenvalue weighted by molar-refractivity contribution is 6.00. The molecule has 2 bridgehead atoms.